The molecule has 0 saturated heterocycles. The lowest BCUT2D eigenvalue weighted by atomic mass is 10.1. The number of carbonyl (C=O) groups excluding carboxylic acids is 2. The molecule has 0 atom stereocenters. The average Bonchev–Trinajstić information content (AvgIpc) is 2.68. The van der Waals surface area contributed by atoms with E-state index in [-0.39, 0.29) is 23.6 Å². The summed E-state index contributed by atoms with van der Waals surface area (Å²) in [5.74, 6) is -0.483. The van der Waals surface area contributed by atoms with Crippen LogP contribution < -0.4 is 10.6 Å². The van der Waals surface area contributed by atoms with E-state index in [9.17, 15) is 19.7 Å². The zero-order valence-electron chi connectivity index (χ0n) is 15.3. The van der Waals surface area contributed by atoms with E-state index in [1.807, 2.05) is 30.3 Å². The minimum Gasteiger partial charge on any atom is -0.384 e. The minimum atomic E-state index is -0.557. The first-order valence-corrected chi connectivity index (χ1v) is 8.44. The molecule has 142 valence electrons. The van der Waals surface area contributed by atoms with E-state index in [0.29, 0.717) is 18.8 Å². The third kappa shape index (κ3) is 5.53. The van der Waals surface area contributed by atoms with Crippen LogP contribution in [0, 0.1) is 10.1 Å². The van der Waals surface area contributed by atoms with Crippen LogP contribution in [0.2, 0.25) is 0 Å². The highest BCUT2D eigenvalue weighted by atomic mass is 16.6. The van der Waals surface area contributed by atoms with Gasteiger partial charge in [0.05, 0.1) is 10.5 Å². The summed E-state index contributed by atoms with van der Waals surface area (Å²) in [6.07, 6.45) is 0.230. The predicted octanol–water partition coefficient (Wildman–Crippen LogP) is 2.42. The van der Waals surface area contributed by atoms with Gasteiger partial charge in [0.25, 0.3) is 11.6 Å². The topological polar surface area (TPSA) is 105 Å². The molecule has 0 spiro atoms. The fourth-order valence-electron chi connectivity index (χ4n) is 2.56. The Hall–Kier alpha value is -3.42. The number of amides is 2. The van der Waals surface area contributed by atoms with Crippen LogP contribution in [0.3, 0.4) is 0 Å². The monoisotopic (exact) mass is 370 g/mol. The molecule has 0 saturated carbocycles. The van der Waals surface area contributed by atoms with Crippen molar-refractivity contribution in [3.8, 4) is 0 Å². The minimum absolute atomic E-state index is 0.0465. The third-order valence-corrected chi connectivity index (χ3v) is 4.03. The zero-order chi connectivity index (χ0) is 19.8. The zero-order valence-corrected chi connectivity index (χ0v) is 15.3. The molecule has 0 heterocycles. The van der Waals surface area contributed by atoms with Gasteiger partial charge in [0.2, 0.25) is 5.91 Å². The van der Waals surface area contributed by atoms with E-state index in [4.69, 9.17) is 0 Å². The molecule has 0 unspecified atom stereocenters. The van der Waals surface area contributed by atoms with Gasteiger partial charge >= 0.3 is 0 Å². The Labute approximate surface area is 157 Å². The number of nitrogens with one attached hydrogen (secondary N) is 2. The van der Waals surface area contributed by atoms with Crippen molar-refractivity contribution in [1.82, 2.24) is 10.2 Å². The van der Waals surface area contributed by atoms with Gasteiger partial charge in [-0.3, -0.25) is 19.7 Å². The van der Waals surface area contributed by atoms with E-state index < -0.39 is 10.8 Å². The molecular formula is C19H22N4O4. The number of hydrogen-bond acceptors (Lipinski definition) is 5. The van der Waals surface area contributed by atoms with E-state index in [2.05, 4.69) is 10.6 Å². The lowest BCUT2D eigenvalue weighted by Crippen LogP contribution is -2.28. The normalized spacial score (nSPS) is 10.1. The van der Waals surface area contributed by atoms with Crippen LogP contribution in [0.1, 0.15) is 22.3 Å². The van der Waals surface area contributed by atoms with Gasteiger partial charge in [0.1, 0.15) is 0 Å². The maximum Gasteiger partial charge on any atom is 0.270 e. The quantitative estimate of drug-likeness (QED) is 0.548. The van der Waals surface area contributed by atoms with Crippen molar-refractivity contribution in [3.05, 3.63) is 69.8 Å². The smallest absolute Gasteiger partial charge is 0.270 e. The van der Waals surface area contributed by atoms with Crippen molar-refractivity contribution in [2.24, 2.45) is 0 Å². The van der Waals surface area contributed by atoms with Crippen molar-refractivity contribution in [1.29, 1.82) is 0 Å². The van der Waals surface area contributed by atoms with Crippen molar-refractivity contribution in [3.63, 3.8) is 0 Å². The molecule has 0 aliphatic rings. The Morgan fingerprint density at radius 3 is 2.48 bits per heavy atom. The SMILES string of the molecule is CNC(=O)c1cc([N+](=O)[O-])ccc1NCCC(=O)N(C)Cc1ccccc1. The summed E-state index contributed by atoms with van der Waals surface area (Å²) in [6.45, 7) is 0.820. The van der Waals surface area contributed by atoms with Gasteiger partial charge in [-0.1, -0.05) is 30.3 Å². The largest absolute Gasteiger partial charge is 0.384 e. The molecule has 2 rings (SSSR count). The Kier molecular flexibility index (Phi) is 6.87. The molecule has 2 aromatic carbocycles. The van der Waals surface area contributed by atoms with E-state index in [1.54, 1.807) is 11.9 Å². The molecule has 2 aromatic rings. The summed E-state index contributed by atoms with van der Waals surface area (Å²) in [5.41, 5.74) is 1.48. The number of nitro benzene ring substituents is 1. The standard InChI is InChI=1S/C19H22N4O4/c1-20-19(25)16-12-15(23(26)27)8-9-17(16)21-11-10-18(24)22(2)13-14-6-4-3-5-7-14/h3-9,12,21H,10-11,13H2,1-2H3,(H,20,25). The molecule has 8 heteroatoms. The Morgan fingerprint density at radius 1 is 1.15 bits per heavy atom. The predicted molar refractivity (Wildman–Crippen MR) is 103 cm³/mol. The van der Waals surface area contributed by atoms with Crippen molar-refractivity contribution in [2.75, 3.05) is 26.0 Å². The van der Waals surface area contributed by atoms with E-state index in [1.165, 1.54) is 25.2 Å². The van der Waals surface area contributed by atoms with Gasteiger partial charge in [-0.15, -0.1) is 0 Å². The Bertz CT molecular complexity index is 824. The second-order valence-corrected chi connectivity index (χ2v) is 5.98. The summed E-state index contributed by atoms with van der Waals surface area (Å²) in [5, 5.41) is 16.4. The van der Waals surface area contributed by atoms with Gasteiger partial charge in [-0.2, -0.15) is 0 Å². The highest BCUT2D eigenvalue weighted by Crippen LogP contribution is 2.22. The molecule has 27 heavy (non-hydrogen) atoms. The molecule has 2 N–H and O–H groups in total. The molecule has 0 aliphatic carbocycles. The number of non-ortho nitro benzene ring substituents is 1. The third-order valence-electron chi connectivity index (χ3n) is 4.03. The summed E-state index contributed by atoms with van der Waals surface area (Å²) in [7, 11) is 3.18. The maximum atomic E-state index is 12.3. The van der Waals surface area contributed by atoms with Crippen LogP contribution in [0.25, 0.3) is 0 Å². The van der Waals surface area contributed by atoms with Crippen molar-refractivity contribution >= 4 is 23.2 Å². The number of carbonyl (C=O) groups is 2. The van der Waals surface area contributed by atoms with E-state index in [0.717, 1.165) is 5.56 Å². The molecule has 0 radical (unpaired) electrons. The number of anilines is 1. The van der Waals surface area contributed by atoms with Gasteiger partial charge in [-0.05, 0) is 11.6 Å². The maximum absolute atomic E-state index is 12.3. The summed E-state index contributed by atoms with van der Waals surface area (Å²) < 4.78 is 0. The molecule has 0 bridgehead atoms. The van der Waals surface area contributed by atoms with Gasteiger partial charge in [-0.25, -0.2) is 0 Å². The van der Waals surface area contributed by atoms with Crippen molar-refractivity contribution in [2.45, 2.75) is 13.0 Å². The van der Waals surface area contributed by atoms with Gasteiger partial charge < -0.3 is 15.5 Å². The number of nitrogens with zero attached hydrogens (tertiary/aromatic N) is 2. The van der Waals surface area contributed by atoms with Gasteiger partial charge in [0, 0.05) is 51.4 Å². The van der Waals surface area contributed by atoms with Crippen LogP contribution in [0.5, 0.6) is 0 Å². The first-order valence-electron chi connectivity index (χ1n) is 8.44. The lowest BCUT2D eigenvalue weighted by molar-refractivity contribution is -0.384. The van der Waals surface area contributed by atoms with Crippen LogP contribution >= 0.6 is 0 Å². The molecule has 0 fully saturated rings. The Morgan fingerprint density at radius 2 is 1.85 bits per heavy atom. The summed E-state index contributed by atoms with van der Waals surface area (Å²) >= 11 is 0. The first-order chi connectivity index (χ1) is 12.9. The first kappa shape index (κ1) is 19.9. The highest BCUT2D eigenvalue weighted by molar-refractivity contribution is 6.00. The van der Waals surface area contributed by atoms with Crippen LogP contribution in [-0.4, -0.2) is 42.3 Å². The fraction of sp³-hybridized carbons (Fsp3) is 0.263. The van der Waals surface area contributed by atoms with E-state index >= 15 is 0 Å². The highest BCUT2D eigenvalue weighted by Gasteiger charge is 2.16. The molecule has 0 aliphatic heterocycles. The molecule has 2 amide bonds. The number of hydrogen-bond donors (Lipinski definition) is 2. The molecular weight excluding hydrogens is 348 g/mol. The number of rotatable bonds is 8. The van der Waals surface area contributed by atoms with Crippen molar-refractivity contribution < 1.29 is 14.5 Å². The van der Waals surface area contributed by atoms with Crippen LogP contribution in [-0.2, 0) is 11.3 Å². The number of nitro groups is 1. The Balaban J connectivity index is 1.96. The molecule has 0 aromatic heterocycles. The average molecular weight is 370 g/mol. The van der Waals surface area contributed by atoms with Crippen LogP contribution in [0.4, 0.5) is 11.4 Å². The second-order valence-electron chi connectivity index (χ2n) is 5.98. The number of benzene rings is 2. The van der Waals surface area contributed by atoms with Gasteiger partial charge in [0.15, 0.2) is 0 Å². The summed E-state index contributed by atoms with van der Waals surface area (Å²) in [6, 6.07) is 13.7. The summed E-state index contributed by atoms with van der Waals surface area (Å²) in [4.78, 5) is 36.2. The van der Waals surface area contributed by atoms with Crippen LogP contribution in [0.15, 0.2) is 48.5 Å². The molecule has 8 nitrogen and oxygen atoms in total. The lowest BCUT2D eigenvalue weighted by Gasteiger charge is -2.18. The fourth-order valence-corrected chi connectivity index (χ4v) is 2.56. The second kappa shape index (κ2) is 9.33.